The largest absolute Gasteiger partial charge is 0.467 e. The SMILES string of the molecule is COCCc1ccc(-c2ccoc2CN)cc1. The summed E-state index contributed by atoms with van der Waals surface area (Å²) in [7, 11) is 1.72. The van der Waals surface area contributed by atoms with Crippen molar-refractivity contribution in [2.24, 2.45) is 5.73 Å². The molecular weight excluding hydrogens is 214 g/mol. The van der Waals surface area contributed by atoms with E-state index in [-0.39, 0.29) is 0 Å². The van der Waals surface area contributed by atoms with E-state index in [0.717, 1.165) is 29.9 Å². The number of nitrogens with two attached hydrogens (primary N) is 1. The molecule has 0 saturated heterocycles. The molecule has 1 aromatic heterocycles. The lowest BCUT2D eigenvalue weighted by Gasteiger charge is -2.04. The second kappa shape index (κ2) is 5.66. The Bertz CT molecular complexity index is 459. The Hall–Kier alpha value is -1.58. The first-order valence-corrected chi connectivity index (χ1v) is 5.70. The van der Waals surface area contributed by atoms with Crippen LogP contribution in [0.1, 0.15) is 11.3 Å². The van der Waals surface area contributed by atoms with Gasteiger partial charge in [0.2, 0.25) is 0 Å². The average molecular weight is 231 g/mol. The summed E-state index contributed by atoms with van der Waals surface area (Å²) in [5.74, 6) is 0.828. The van der Waals surface area contributed by atoms with E-state index in [4.69, 9.17) is 14.9 Å². The third-order valence-electron chi connectivity index (χ3n) is 2.79. The Morgan fingerprint density at radius 1 is 1.18 bits per heavy atom. The zero-order chi connectivity index (χ0) is 12.1. The van der Waals surface area contributed by atoms with Crippen LogP contribution in [0, 0.1) is 0 Å². The van der Waals surface area contributed by atoms with Gasteiger partial charge in [0.05, 0.1) is 19.4 Å². The monoisotopic (exact) mass is 231 g/mol. The Morgan fingerprint density at radius 3 is 2.59 bits per heavy atom. The van der Waals surface area contributed by atoms with Crippen LogP contribution in [-0.2, 0) is 17.7 Å². The molecule has 0 aliphatic heterocycles. The van der Waals surface area contributed by atoms with E-state index in [0.29, 0.717) is 6.54 Å². The Labute approximate surface area is 101 Å². The highest BCUT2D eigenvalue weighted by Crippen LogP contribution is 2.24. The summed E-state index contributed by atoms with van der Waals surface area (Å²) in [4.78, 5) is 0. The standard InChI is InChI=1S/C14H17NO2/c1-16-8-6-11-2-4-12(5-3-11)13-7-9-17-14(13)10-15/h2-5,7,9H,6,8,10,15H2,1H3. The van der Waals surface area contributed by atoms with Gasteiger partial charge in [0, 0.05) is 12.7 Å². The third kappa shape index (κ3) is 2.75. The predicted molar refractivity (Wildman–Crippen MR) is 67.6 cm³/mol. The second-order valence-electron chi connectivity index (χ2n) is 3.90. The summed E-state index contributed by atoms with van der Waals surface area (Å²) < 4.78 is 10.4. The van der Waals surface area contributed by atoms with Crippen molar-refractivity contribution < 1.29 is 9.15 Å². The highest BCUT2D eigenvalue weighted by atomic mass is 16.5. The van der Waals surface area contributed by atoms with Gasteiger partial charge in [-0.05, 0) is 23.6 Å². The fourth-order valence-corrected chi connectivity index (χ4v) is 1.83. The smallest absolute Gasteiger partial charge is 0.125 e. The lowest BCUT2D eigenvalue weighted by atomic mass is 10.0. The fraction of sp³-hybridized carbons (Fsp3) is 0.286. The fourth-order valence-electron chi connectivity index (χ4n) is 1.83. The van der Waals surface area contributed by atoms with Crippen molar-refractivity contribution in [3.63, 3.8) is 0 Å². The van der Waals surface area contributed by atoms with E-state index < -0.39 is 0 Å². The third-order valence-corrected chi connectivity index (χ3v) is 2.79. The number of methoxy groups -OCH3 is 1. The van der Waals surface area contributed by atoms with Crippen molar-refractivity contribution in [1.82, 2.24) is 0 Å². The number of rotatable bonds is 5. The van der Waals surface area contributed by atoms with Crippen LogP contribution in [0.15, 0.2) is 41.0 Å². The van der Waals surface area contributed by atoms with Crippen LogP contribution in [-0.4, -0.2) is 13.7 Å². The molecule has 0 aliphatic carbocycles. The maximum atomic E-state index is 5.62. The van der Waals surface area contributed by atoms with Crippen LogP contribution in [0.2, 0.25) is 0 Å². The van der Waals surface area contributed by atoms with Gasteiger partial charge in [-0.2, -0.15) is 0 Å². The summed E-state index contributed by atoms with van der Waals surface area (Å²) in [5.41, 5.74) is 9.10. The molecule has 0 atom stereocenters. The summed E-state index contributed by atoms with van der Waals surface area (Å²) in [5, 5.41) is 0. The molecule has 1 aromatic carbocycles. The molecule has 1 heterocycles. The zero-order valence-electron chi connectivity index (χ0n) is 9.98. The van der Waals surface area contributed by atoms with Gasteiger partial charge in [0.15, 0.2) is 0 Å². The molecule has 0 saturated carbocycles. The van der Waals surface area contributed by atoms with Gasteiger partial charge in [-0.15, -0.1) is 0 Å². The minimum Gasteiger partial charge on any atom is -0.467 e. The van der Waals surface area contributed by atoms with E-state index in [1.165, 1.54) is 5.56 Å². The molecule has 3 heteroatoms. The summed E-state index contributed by atoms with van der Waals surface area (Å²) in [6, 6.07) is 10.4. The molecule has 0 unspecified atom stereocenters. The molecule has 2 N–H and O–H groups in total. The van der Waals surface area contributed by atoms with Crippen molar-refractivity contribution in [2.45, 2.75) is 13.0 Å². The minimum absolute atomic E-state index is 0.424. The van der Waals surface area contributed by atoms with Crippen molar-refractivity contribution >= 4 is 0 Å². The molecule has 0 amide bonds. The number of furan rings is 1. The van der Waals surface area contributed by atoms with Gasteiger partial charge in [-0.1, -0.05) is 24.3 Å². The van der Waals surface area contributed by atoms with Crippen LogP contribution < -0.4 is 5.73 Å². The topological polar surface area (TPSA) is 48.4 Å². The molecule has 0 radical (unpaired) electrons. The minimum atomic E-state index is 0.424. The van der Waals surface area contributed by atoms with Crippen LogP contribution in [0.25, 0.3) is 11.1 Å². The molecule has 0 bridgehead atoms. The summed E-state index contributed by atoms with van der Waals surface area (Å²) in [6.07, 6.45) is 2.61. The molecular formula is C14H17NO2. The molecule has 17 heavy (non-hydrogen) atoms. The normalized spacial score (nSPS) is 10.7. The van der Waals surface area contributed by atoms with Crippen molar-refractivity contribution in [2.75, 3.05) is 13.7 Å². The van der Waals surface area contributed by atoms with Gasteiger partial charge in [-0.25, -0.2) is 0 Å². The maximum Gasteiger partial charge on any atom is 0.125 e. The lowest BCUT2D eigenvalue weighted by molar-refractivity contribution is 0.202. The van der Waals surface area contributed by atoms with E-state index >= 15 is 0 Å². The first-order chi connectivity index (χ1) is 8.35. The number of hydrogen-bond acceptors (Lipinski definition) is 3. The summed E-state index contributed by atoms with van der Waals surface area (Å²) in [6.45, 7) is 1.17. The van der Waals surface area contributed by atoms with E-state index in [1.807, 2.05) is 6.07 Å². The van der Waals surface area contributed by atoms with Gasteiger partial charge in [-0.3, -0.25) is 0 Å². The average Bonchev–Trinajstić information content (AvgIpc) is 2.85. The molecule has 0 fully saturated rings. The molecule has 2 rings (SSSR count). The van der Waals surface area contributed by atoms with Gasteiger partial charge in [0.1, 0.15) is 5.76 Å². The van der Waals surface area contributed by atoms with Crippen LogP contribution in [0.4, 0.5) is 0 Å². The highest BCUT2D eigenvalue weighted by molar-refractivity contribution is 5.65. The van der Waals surface area contributed by atoms with Crippen molar-refractivity contribution in [3.8, 4) is 11.1 Å². The maximum absolute atomic E-state index is 5.62. The number of benzene rings is 1. The predicted octanol–water partition coefficient (Wildman–Crippen LogP) is 2.59. The summed E-state index contributed by atoms with van der Waals surface area (Å²) >= 11 is 0. The van der Waals surface area contributed by atoms with Crippen molar-refractivity contribution in [3.05, 3.63) is 47.9 Å². The Kier molecular flexibility index (Phi) is 3.96. The zero-order valence-corrected chi connectivity index (χ0v) is 9.98. The molecule has 0 aliphatic rings. The first kappa shape index (κ1) is 11.9. The Morgan fingerprint density at radius 2 is 1.94 bits per heavy atom. The Balaban J connectivity index is 2.17. The van der Waals surface area contributed by atoms with Gasteiger partial charge in [0.25, 0.3) is 0 Å². The number of hydrogen-bond donors (Lipinski definition) is 1. The second-order valence-corrected chi connectivity index (χ2v) is 3.90. The molecule has 0 spiro atoms. The number of ether oxygens (including phenoxy) is 1. The first-order valence-electron chi connectivity index (χ1n) is 5.70. The van der Waals surface area contributed by atoms with E-state index in [2.05, 4.69) is 24.3 Å². The van der Waals surface area contributed by atoms with Gasteiger partial charge >= 0.3 is 0 Å². The quantitative estimate of drug-likeness (QED) is 0.860. The molecule has 2 aromatic rings. The molecule has 3 nitrogen and oxygen atoms in total. The van der Waals surface area contributed by atoms with E-state index in [1.54, 1.807) is 13.4 Å². The van der Waals surface area contributed by atoms with Crippen LogP contribution in [0.5, 0.6) is 0 Å². The molecule has 90 valence electrons. The van der Waals surface area contributed by atoms with E-state index in [9.17, 15) is 0 Å². The van der Waals surface area contributed by atoms with Crippen LogP contribution in [0.3, 0.4) is 0 Å². The highest BCUT2D eigenvalue weighted by Gasteiger charge is 2.06. The van der Waals surface area contributed by atoms with Crippen molar-refractivity contribution in [1.29, 1.82) is 0 Å². The lowest BCUT2D eigenvalue weighted by Crippen LogP contribution is -1.96. The van der Waals surface area contributed by atoms with Crippen LogP contribution >= 0.6 is 0 Å². The van der Waals surface area contributed by atoms with Gasteiger partial charge < -0.3 is 14.9 Å².